The molecule has 0 unspecified atom stereocenters. The van der Waals surface area contributed by atoms with E-state index in [-0.39, 0.29) is 12.2 Å². The van der Waals surface area contributed by atoms with E-state index in [4.69, 9.17) is 28.3 Å². The number of nitrogens with zero attached hydrogens (tertiary/aromatic N) is 2. The first-order chi connectivity index (χ1) is 13.3. The second-order valence-corrected chi connectivity index (χ2v) is 6.39. The first-order valence-corrected chi connectivity index (χ1v) is 8.74. The molecule has 2 aliphatic rings. The smallest absolute Gasteiger partial charge is 0.195 e. The fourth-order valence-electron chi connectivity index (χ4n) is 3.42. The zero-order valence-corrected chi connectivity index (χ0v) is 14.6. The highest BCUT2D eigenvalue weighted by Crippen LogP contribution is 2.44. The SMILES string of the molecule is CO[C@H]1O[C@@H]2CO[C@@H](c3ccccc3)O[C@H]2c2nc(-c3ccco3)ncc21. The average molecular weight is 366 g/mol. The lowest BCUT2D eigenvalue weighted by Crippen LogP contribution is -2.42. The topological polar surface area (TPSA) is 75.8 Å². The monoisotopic (exact) mass is 366 g/mol. The van der Waals surface area contributed by atoms with E-state index in [2.05, 4.69) is 4.98 Å². The van der Waals surface area contributed by atoms with Gasteiger partial charge in [-0.3, -0.25) is 0 Å². The second kappa shape index (κ2) is 6.86. The van der Waals surface area contributed by atoms with Crippen LogP contribution in [0.25, 0.3) is 11.6 Å². The molecule has 7 heteroatoms. The van der Waals surface area contributed by atoms with Gasteiger partial charge in [0.05, 0.1) is 24.1 Å². The van der Waals surface area contributed by atoms with Gasteiger partial charge in [-0.2, -0.15) is 0 Å². The van der Waals surface area contributed by atoms with E-state index < -0.39 is 12.6 Å². The van der Waals surface area contributed by atoms with Crippen LogP contribution in [0.4, 0.5) is 0 Å². The van der Waals surface area contributed by atoms with Gasteiger partial charge in [0.1, 0.15) is 12.2 Å². The van der Waals surface area contributed by atoms with Gasteiger partial charge in [-0.1, -0.05) is 30.3 Å². The summed E-state index contributed by atoms with van der Waals surface area (Å²) in [5.74, 6) is 1.10. The van der Waals surface area contributed by atoms with Crippen LogP contribution in [0, 0.1) is 0 Å². The summed E-state index contributed by atoms with van der Waals surface area (Å²) in [4.78, 5) is 9.12. The molecular formula is C20H18N2O5. The minimum absolute atomic E-state index is 0.318. The van der Waals surface area contributed by atoms with Crippen molar-refractivity contribution in [2.45, 2.75) is 24.8 Å². The molecule has 27 heavy (non-hydrogen) atoms. The van der Waals surface area contributed by atoms with Gasteiger partial charge in [0.25, 0.3) is 0 Å². The van der Waals surface area contributed by atoms with Crippen molar-refractivity contribution < 1.29 is 23.4 Å². The van der Waals surface area contributed by atoms with Gasteiger partial charge in [-0.15, -0.1) is 0 Å². The van der Waals surface area contributed by atoms with Gasteiger partial charge >= 0.3 is 0 Å². The molecule has 2 aromatic heterocycles. The van der Waals surface area contributed by atoms with Crippen molar-refractivity contribution in [2.75, 3.05) is 13.7 Å². The Bertz CT molecular complexity index is 915. The van der Waals surface area contributed by atoms with Gasteiger partial charge in [0.2, 0.25) is 0 Å². The summed E-state index contributed by atoms with van der Waals surface area (Å²) in [6.07, 6.45) is 1.56. The Morgan fingerprint density at radius 3 is 2.74 bits per heavy atom. The number of ether oxygens (including phenoxy) is 4. The molecule has 2 aliphatic heterocycles. The summed E-state index contributed by atoms with van der Waals surface area (Å²) in [6.45, 7) is 0.379. The van der Waals surface area contributed by atoms with Gasteiger partial charge in [-0.25, -0.2) is 9.97 Å². The molecule has 0 amide bonds. The molecular weight excluding hydrogens is 348 g/mol. The lowest BCUT2D eigenvalue weighted by atomic mass is 10.0. The number of hydrogen-bond donors (Lipinski definition) is 0. The maximum atomic E-state index is 6.24. The lowest BCUT2D eigenvalue weighted by molar-refractivity contribution is -0.307. The summed E-state index contributed by atoms with van der Waals surface area (Å²) in [5, 5.41) is 0. The Morgan fingerprint density at radius 1 is 1.07 bits per heavy atom. The van der Waals surface area contributed by atoms with E-state index >= 15 is 0 Å². The van der Waals surface area contributed by atoms with Crippen molar-refractivity contribution in [3.63, 3.8) is 0 Å². The van der Waals surface area contributed by atoms with Crippen LogP contribution in [-0.4, -0.2) is 29.8 Å². The average Bonchev–Trinajstić information content (AvgIpc) is 3.28. The highest BCUT2D eigenvalue weighted by atomic mass is 16.7. The van der Waals surface area contributed by atoms with Crippen molar-refractivity contribution in [1.29, 1.82) is 0 Å². The van der Waals surface area contributed by atoms with Crippen LogP contribution in [0.15, 0.2) is 59.3 Å². The predicted molar refractivity (Wildman–Crippen MR) is 93.3 cm³/mol. The van der Waals surface area contributed by atoms with E-state index in [1.807, 2.05) is 36.4 Å². The lowest BCUT2D eigenvalue weighted by Gasteiger charge is -2.41. The fourth-order valence-corrected chi connectivity index (χ4v) is 3.42. The molecule has 0 N–H and O–H groups in total. The molecule has 1 fully saturated rings. The molecule has 0 saturated carbocycles. The fraction of sp³-hybridized carbons (Fsp3) is 0.300. The third kappa shape index (κ3) is 2.94. The van der Waals surface area contributed by atoms with Crippen LogP contribution in [0.2, 0.25) is 0 Å². The van der Waals surface area contributed by atoms with Gasteiger partial charge < -0.3 is 23.4 Å². The van der Waals surface area contributed by atoms with Crippen LogP contribution in [0.1, 0.15) is 35.5 Å². The molecule has 0 spiro atoms. The standard InChI is InChI=1S/C20H18N2O5/c1-23-20-13-10-21-18(14-8-5-9-24-14)22-16(13)17-15(26-20)11-25-19(27-17)12-6-3-2-4-7-12/h2-10,15,17,19-20H,11H2,1H3/t15-,17-,19-,20+/m1/s1. The quantitative estimate of drug-likeness (QED) is 0.701. The van der Waals surface area contributed by atoms with Gasteiger partial charge in [-0.05, 0) is 12.1 Å². The van der Waals surface area contributed by atoms with Crippen LogP contribution in [0.3, 0.4) is 0 Å². The number of benzene rings is 1. The van der Waals surface area contributed by atoms with Crippen LogP contribution in [-0.2, 0) is 18.9 Å². The summed E-state index contributed by atoms with van der Waals surface area (Å²) >= 11 is 0. The first-order valence-electron chi connectivity index (χ1n) is 8.74. The molecule has 7 nitrogen and oxygen atoms in total. The minimum Gasteiger partial charge on any atom is -0.461 e. The van der Waals surface area contributed by atoms with Gasteiger partial charge in [0, 0.05) is 18.9 Å². The molecule has 4 atom stereocenters. The Balaban J connectivity index is 1.53. The normalized spacial score (nSPS) is 27.0. The summed E-state index contributed by atoms with van der Waals surface area (Å²) < 4.78 is 29.0. The number of hydrogen-bond acceptors (Lipinski definition) is 7. The predicted octanol–water partition coefficient (Wildman–Crippen LogP) is 3.57. The molecule has 5 rings (SSSR count). The van der Waals surface area contributed by atoms with Crippen LogP contribution >= 0.6 is 0 Å². The summed E-state index contributed by atoms with van der Waals surface area (Å²) in [7, 11) is 1.59. The maximum absolute atomic E-state index is 6.24. The minimum atomic E-state index is -0.563. The zero-order valence-electron chi connectivity index (χ0n) is 14.6. The summed E-state index contributed by atoms with van der Waals surface area (Å²) in [6, 6.07) is 13.4. The number of fused-ring (bicyclic) bond motifs is 3. The van der Waals surface area contributed by atoms with E-state index in [1.165, 1.54) is 0 Å². The largest absolute Gasteiger partial charge is 0.461 e. The Morgan fingerprint density at radius 2 is 1.96 bits per heavy atom. The van der Waals surface area contributed by atoms with Gasteiger partial charge in [0.15, 0.2) is 24.2 Å². The van der Waals surface area contributed by atoms with Crippen molar-refractivity contribution in [1.82, 2.24) is 9.97 Å². The molecule has 3 aromatic rings. The number of rotatable bonds is 3. The molecule has 1 aromatic carbocycles. The highest BCUT2D eigenvalue weighted by molar-refractivity contribution is 5.47. The molecule has 0 radical (unpaired) electrons. The zero-order chi connectivity index (χ0) is 18.2. The van der Waals surface area contributed by atoms with E-state index in [9.17, 15) is 0 Å². The maximum Gasteiger partial charge on any atom is 0.195 e. The van der Waals surface area contributed by atoms with E-state index in [1.54, 1.807) is 25.6 Å². The number of furan rings is 1. The third-order valence-corrected chi connectivity index (χ3v) is 4.72. The summed E-state index contributed by atoms with van der Waals surface area (Å²) in [5.41, 5.74) is 2.44. The highest BCUT2D eigenvalue weighted by Gasteiger charge is 2.43. The van der Waals surface area contributed by atoms with Crippen LogP contribution < -0.4 is 0 Å². The van der Waals surface area contributed by atoms with Crippen molar-refractivity contribution >= 4 is 0 Å². The Kier molecular flexibility index (Phi) is 4.21. The second-order valence-electron chi connectivity index (χ2n) is 6.39. The molecule has 4 heterocycles. The van der Waals surface area contributed by atoms with E-state index in [0.717, 1.165) is 16.8 Å². The molecule has 0 aliphatic carbocycles. The Hall–Kier alpha value is -2.58. The number of aromatic nitrogens is 2. The van der Waals surface area contributed by atoms with Crippen molar-refractivity contribution in [2.24, 2.45) is 0 Å². The van der Waals surface area contributed by atoms with E-state index in [0.29, 0.717) is 18.2 Å². The molecule has 1 saturated heterocycles. The Labute approximate surface area is 155 Å². The van der Waals surface area contributed by atoms with Crippen LogP contribution in [0.5, 0.6) is 0 Å². The third-order valence-electron chi connectivity index (χ3n) is 4.72. The number of methoxy groups -OCH3 is 1. The molecule has 138 valence electrons. The van der Waals surface area contributed by atoms with Crippen molar-refractivity contribution in [3.8, 4) is 11.6 Å². The molecule has 0 bridgehead atoms. The first kappa shape index (κ1) is 16.6. The van der Waals surface area contributed by atoms with Crippen molar-refractivity contribution in [3.05, 3.63) is 71.7 Å².